The van der Waals surface area contributed by atoms with Gasteiger partial charge in [0.05, 0.1) is 0 Å². The molecule has 1 atom stereocenters. The van der Waals surface area contributed by atoms with Gasteiger partial charge >= 0.3 is 0 Å². The van der Waals surface area contributed by atoms with Crippen molar-refractivity contribution in [1.82, 2.24) is 0 Å². The van der Waals surface area contributed by atoms with E-state index in [1.54, 1.807) is 0 Å². The van der Waals surface area contributed by atoms with E-state index in [1.165, 1.54) is 38.5 Å². The molecule has 0 aliphatic heterocycles. The van der Waals surface area contributed by atoms with Gasteiger partial charge in [0.25, 0.3) is 0 Å². The lowest BCUT2D eigenvalue weighted by Crippen LogP contribution is -2.25. The summed E-state index contributed by atoms with van der Waals surface area (Å²) in [6, 6.07) is 0. The Kier molecular flexibility index (Phi) is 4.43. The first kappa shape index (κ1) is 12.0. The van der Waals surface area contributed by atoms with Crippen molar-refractivity contribution in [2.24, 2.45) is 17.3 Å². The summed E-state index contributed by atoms with van der Waals surface area (Å²) in [5, 5.41) is 9.24. The van der Waals surface area contributed by atoms with Crippen LogP contribution in [0.15, 0.2) is 0 Å². The monoisotopic (exact) mass is 198 g/mol. The molecule has 1 heteroatoms. The molecule has 0 aromatic carbocycles. The van der Waals surface area contributed by atoms with Crippen molar-refractivity contribution in [3.05, 3.63) is 0 Å². The van der Waals surface area contributed by atoms with E-state index in [4.69, 9.17) is 0 Å². The van der Waals surface area contributed by atoms with Crippen LogP contribution in [0.25, 0.3) is 0 Å². The quantitative estimate of drug-likeness (QED) is 0.731. The molecule has 1 saturated carbocycles. The molecule has 0 unspecified atom stereocenters. The summed E-state index contributed by atoms with van der Waals surface area (Å²) in [7, 11) is 0. The molecule has 1 nitrogen and oxygen atoms in total. The summed E-state index contributed by atoms with van der Waals surface area (Å²) in [4.78, 5) is 0. The first-order valence-electron chi connectivity index (χ1n) is 6.16. The van der Waals surface area contributed by atoms with E-state index in [9.17, 15) is 5.11 Å². The molecule has 0 radical (unpaired) electrons. The van der Waals surface area contributed by atoms with Gasteiger partial charge in [-0.3, -0.25) is 0 Å². The van der Waals surface area contributed by atoms with E-state index in [0.717, 1.165) is 11.8 Å². The summed E-state index contributed by atoms with van der Waals surface area (Å²) in [6.45, 7) is 7.04. The van der Waals surface area contributed by atoms with Gasteiger partial charge in [0.2, 0.25) is 0 Å². The summed E-state index contributed by atoms with van der Waals surface area (Å²) >= 11 is 0. The molecule has 1 rings (SSSR count). The molecule has 1 aliphatic rings. The summed E-state index contributed by atoms with van der Waals surface area (Å²) < 4.78 is 0. The molecule has 0 heterocycles. The molecular weight excluding hydrogens is 172 g/mol. The summed E-state index contributed by atoms with van der Waals surface area (Å²) in [5.41, 5.74) is 0.122. The highest BCUT2D eigenvalue weighted by Gasteiger charge is 2.26. The minimum Gasteiger partial charge on any atom is -0.396 e. The average molecular weight is 198 g/mol. The van der Waals surface area contributed by atoms with Crippen LogP contribution in [0.5, 0.6) is 0 Å². The number of aliphatic hydroxyl groups is 1. The number of hydrogen-bond acceptors (Lipinski definition) is 1. The first-order valence-corrected chi connectivity index (χ1v) is 6.16. The van der Waals surface area contributed by atoms with E-state index < -0.39 is 0 Å². The van der Waals surface area contributed by atoms with Crippen LogP contribution in [-0.2, 0) is 0 Å². The zero-order chi connectivity index (χ0) is 10.6. The molecule has 1 aliphatic carbocycles. The van der Waals surface area contributed by atoms with E-state index in [1.807, 2.05) is 0 Å². The lowest BCUT2D eigenvalue weighted by atomic mass is 9.74. The van der Waals surface area contributed by atoms with Crippen molar-refractivity contribution < 1.29 is 5.11 Å². The minimum atomic E-state index is 0.122. The normalized spacial score (nSPS) is 22.3. The fraction of sp³-hybridized carbons (Fsp3) is 1.00. The van der Waals surface area contributed by atoms with Crippen LogP contribution < -0.4 is 0 Å². The van der Waals surface area contributed by atoms with Crippen molar-refractivity contribution in [1.29, 1.82) is 0 Å². The molecule has 0 spiro atoms. The van der Waals surface area contributed by atoms with Crippen LogP contribution in [0.2, 0.25) is 0 Å². The lowest BCUT2D eigenvalue weighted by molar-refractivity contribution is 0.109. The number of aliphatic hydroxyl groups excluding tert-OH is 1. The van der Waals surface area contributed by atoms with Crippen molar-refractivity contribution in [3.63, 3.8) is 0 Å². The van der Waals surface area contributed by atoms with Crippen LogP contribution in [0, 0.1) is 17.3 Å². The molecule has 1 N–H and O–H groups in total. The Morgan fingerprint density at radius 2 is 1.79 bits per heavy atom. The van der Waals surface area contributed by atoms with Crippen molar-refractivity contribution in [3.8, 4) is 0 Å². The van der Waals surface area contributed by atoms with Crippen molar-refractivity contribution >= 4 is 0 Å². The Morgan fingerprint density at radius 1 is 1.21 bits per heavy atom. The van der Waals surface area contributed by atoms with Crippen LogP contribution in [0.3, 0.4) is 0 Å². The zero-order valence-electron chi connectivity index (χ0n) is 10.1. The molecule has 1 fully saturated rings. The minimum absolute atomic E-state index is 0.122. The Morgan fingerprint density at radius 3 is 2.29 bits per heavy atom. The average Bonchev–Trinajstić information content (AvgIpc) is 2.19. The predicted molar refractivity (Wildman–Crippen MR) is 61.2 cm³/mol. The second-order valence-corrected chi connectivity index (χ2v) is 5.90. The Hall–Kier alpha value is -0.0400. The maximum atomic E-state index is 9.24. The molecular formula is C13H26O. The van der Waals surface area contributed by atoms with Crippen molar-refractivity contribution in [2.75, 3.05) is 6.61 Å². The van der Waals surface area contributed by atoms with Crippen LogP contribution in [0.1, 0.15) is 59.3 Å². The van der Waals surface area contributed by atoms with E-state index in [0.29, 0.717) is 6.61 Å². The van der Waals surface area contributed by atoms with Gasteiger partial charge in [0.1, 0.15) is 0 Å². The van der Waals surface area contributed by atoms with Crippen LogP contribution >= 0.6 is 0 Å². The lowest BCUT2D eigenvalue weighted by Gasteiger charge is -2.33. The third-order valence-electron chi connectivity index (χ3n) is 3.76. The second-order valence-electron chi connectivity index (χ2n) is 5.90. The third kappa shape index (κ3) is 3.61. The van der Waals surface area contributed by atoms with Crippen molar-refractivity contribution in [2.45, 2.75) is 59.3 Å². The largest absolute Gasteiger partial charge is 0.396 e. The Balaban J connectivity index is 2.36. The highest BCUT2D eigenvalue weighted by molar-refractivity contribution is 4.77. The molecule has 14 heavy (non-hydrogen) atoms. The van der Waals surface area contributed by atoms with Gasteiger partial charge in [-0.2, -0.15) is 0 Å². The number of hydrogen-bond donors (Lipinski definition) is 1. The smallest absolute Gasteiger partial charge is 0.0482 e. The Bertz CT molecular complexity index is 157. The Labute approximate surface area is 88.9 Å². The van der Waals surface area contributed by atoms with E-state index in [-0.39, 0.29) is 5.41 Å². The first-order chi connectivity index (χ1) is 6.55. The van der Waals surface area contributed by atoms with Gasteiger partial charge < -0.3 is 5.11 Å². The van der Waals surface area contributed by atoms with Gasteiger partial charge in [-0.1, -0.05) is 52.9 Å². The van der Waals surface area contributed by atoms with Crippen LogP contribution in [0.4, 0.5) is 0 Å². The third-order valence-corrected chi connectivity index (χ3v) is 3.76. The highest BCUT2D eigenvalue weighted by Crippen LogP contribution is 2.36. The molecule has 0 aromatic heterocycles. The van der Waals surface area contributed by atoms with Crippen LogP contribution in [-0.4, -0.2) is 11.7 Å². The standard InChI is InChI=1S/C13H26O/c1-11(9-13(2,3)10-14)12-7-5-4-6-8-12/h11-12,14H,4-10H2,1-3H3/t11-/m1/s1. The molecule has 84 valence electrons. The SMILES string of the molecule is C[C@H](CC(C)(C)CO)C1CCCCC1. The molecule has 0 saturated heterocycles. The van der Waals surface area contributed by atoms with Gasteiger partial charge in [-0.25, -0.2) is 0 Å². The van der Waals surface area contributed by atoms with Gasteiger partial charge in [0, 0.05) is 6.61 Å². The maximum absolute atomic E-state index is 9.24. The van der Waals surface area contributed by atoms with E-state index >= 15 is 0 Å². The molecule has 0 bridgehead atoms. The molecule has 0 aromatic rings. The fourth-order valence-corrected chi connectivity index (χ4v) is 2.81. The zero-order valence-corrected chi connectivity index (χ0v) is 10.1. The highest BCUT2D eigenvalue weighted by atomic mass is 16.3. The molecule has 0 amide bonds. The van der Waals surface area contributed by atoms with E-state index in [2.05, 4.69) is 20.8 Å². The second kappa shape index (κ2) is 5.16. The van der Waals surface area contributed by atoms with Gasteiger partial charge in [-0.05, 0) is 23.7 Å². The predicted octanol–water partition coefficient (Wildman–Crippen LogP) is 3.61. The fourth-order valence-electron chi connectivity index (χ4n) is 2.81. The topological polar surface area (TPSA) is 20.2 Å². The number of rotatable bonds is 4. The van der Waals surface area contributed by atoms with Gasteiger partial charge in [0.15, 0.2) is 0 Å². The summed E-state index contributed by atoms with van der Waals surface area (Å²) in [6.07, 6.45) is 8.30. The summed E-state index contributed by atoms with van der Waals surface area (Å²) in [5.74, 6) is 1.71. The van der Waals surface area contributed by atoms with Gasteiger partial charge in [-0.15, -0.1) is 0 Å². The maximum Gasteiger partial charge on any atom is 0.0482 e.